The van der Waals surface area contributed by atoms with E-state index in [4.69, 9.17) is 18.9 Å². The summed E-state index contributed by atoms with van der Waals surface area (Å²) in [4.78, 5) is 0. The highest BCUT2D eigenvalue weighted by atomic mass is 32.1. The van der Waals surface area contributed by atoms with Gasteiger partial charge in [0.15, 0.2) is 0 Å². The summed E-state index contributed by atoms with van der Waals surface area (Å²) in [6.45, 7) is 11.9. The van der Waals surface area contributed by atoms with Gasteiger partial charge in [0, 0.05) is 6.61 Å². The molecule has 0 aliphatic carbocycles. The molecule has 0 rings (SSSR count). The van der Waals surface area contributed by atoms with E-state index in [1.165, 1.54) is 6.42 Å². The third kappa shape index (κ3) is 14.9. The van der Waals surface area contributed by atoms with Crippen molar-refractivity contribution in [3.8, 4) is 0 Å². The van der Waals surface area contributed by atoms with Crippen LogP contribution in [0, 0.1) is 11.8 Å². The number of ether oxygens (including phenoxy) is 4. The van der Waals surface area contributed by atoms with Crippen molar-refractivity contribution in [3.63, 3.8) is 0 Å². The lowest BCUT2D eigenvalue weighted by Gasteiger charge is -2.18. The van der Waals surface area contributed by atoms with E-state index in [-0.39, 0.29) is 0 Å². The first kappa shape index (κ1) is 21.2. The van der Waals surface area contributed by atoms with Crippen LogP contribution < -0.4 is 0 Å². The van der Waals surface area contributed by atoms with Gasteiger partial charge >= 0.3 is 0 Å². The average Bonchev–Trinajstić information content (AvgIpc) is 2.47. The molecular formula is C16H34O4S. The van der Waals surface area contributed by atoms with E-state index in [0.29, 0.717) is 51.5 Å². The van der Waals surface area contributed by atoms with Gasteiger partial charge in [0.25, 0.3) is 0 Å². The Morgan fingerprint density at radius 3 is 1.67 bits per heavy atom. The van der Waals surface area contributed by atoms with Crippen molar-refractivity contribution in [2.45, 2.75) is 33.6 Å². The molecule has 5 heteroatoms. The molecule has 0 N–H and O–H groups in total. The molecule has 128 valence electrons. The summed E-state index contributed by atoms with van der Waals surface area (Å²) >= 11 is 4.33. The minimum Gasteiger partial charge on any atom is -0.379 e. The fourth-order valence-corrected chi connectivity index (χ4v) is 2.12. The molecule has 0 radical (unpaired) electrons. The number of rotatable bonds is 16. The standard InChI is InChI=1S/C16H34O4S/c1-4-5-6-17-7-8-18-9-10-19-11-12-20-13-16(14-21)15(2)3/h15-16,21H,4-14H2,1-3H3. The third-order valence-corrected chi connectivity index (χ3v) is 3.74. The van der Waals surface area contributed by atoms with Gasteiger partial charge in [-0.2, -0.15) is 12.6 Å². The molecule has 0 bridgehead atoms. The molecular weight excluding hydrogens is 288 g/mol. The van der Waals surface area contributed by atoms with Crippen LogP contribution in [0.15, 0.2) is 0 Å². The fraction of sp³-hybridized carbons (Fsp3) is 1.00. The summed E-state index contributed by atoms with van der Waals surface area (Å²) in [5.41, 5.74) is 0. The van der Waals surface area contributed by atoms with Gasteiger partial charge in [0.2, 0.25) is 0 Å². The number of unbranched alkanes of at least 4 members (excludes halogenated alkanes) is 1. The first-order valence-corrected chi connectivity index (χ1v) is 8.77. The zero-order valence-electron chi connectivity index (χ0n) is 14.0. The van der Waals surface area contributed by atoms with Crippen LogP contribution in [0.3, 0.4) is 0 Å². The topological polar surface area (TPSA) is 36.9 Å². The smallest absolute Gasteiger partial charge is 0.0701 e. The number of hydrogen-bond donors (Lipinski definition) is 1. The van der Waals surface area contributed by atoms with Crippen LogP contribution >= 0.6 is 12.6 Å². The molecule has 0 amide bonds. The SMILES string of the molecule is CCCCOCCOCCOCCOCC(CS)C(C)C. The molecule has 0 saturated carbocycles. The Labute approximate surface area is 136 Å². The van der Waals surface area contributed by atoms with E-state index >= 15 is 0 Å². The quantitative estimate of drug-likeness (QED) is 0.350. The molecule has 1 unspecified atom stereocenters. The Hall–Kier alpha value is 0.190. The molecule has 0 aromatic heterocycles. The molecule has 0 aliphatic rings. The Kier molecular flexibility index (Phi) is 16.7. The van der Waals surface area contributed by atoms with Crippen LogP contribution in [-0.4, -0.2) is 58.6 Å². The van der Waals surface area contributed by atoms with E-state index in [1.54, 1.807) is 0 Å². The Bertz CT molecular complexity index is 203. The minimum atomic E-state index is 0.518. The summed E-state index contributed by atoms with van der Waals surface area (Å²) in [7, 11) is 0. The van der Waals surface area contributed by atoms with Crippen molar-refractivity contribution in [3.05, 3.63) is 0 Å². The van der Waals surface area contributed by atoms with Crippen molar-refractivity contribution < 1.29 is 18.9 Å². The van der Waals surface area contributed by atoms with E-state index in [2.05, 4.69) is 33.4 Å². The lowest BCUT2D eigenvalue weighted by Crippen LogP contribution is -2.19. The second-order valence-electron chi connectivity index (χ2n) is 5.45. The summed E-state index contributed by atoms with van der Waals surface area (Å²) in [6, 6.07) is 0. The van der Waals surface area contributed by atoms with Gasteiger partial charge in [-0.25, -0.2) is 0 Å². The lowest BCUT2D eigenvalue weighted by molar-refractivity contribution is -0.00699. The van der Waals surface area contributed by atoms with Crippen LogP contribution in [-0.2, 0) is 18.9 Å². The largest absolute Gasteiger partial charge is 0.379 e. The van der Waals surface area contributed by atoms with Gasteiger partial charge in [-0.3, -0.25) is 0 Å². The van der Waals surface area contributed by atoms with Gasteiger partial charge in [-0.1, -0.05) is 27.2 Å². The monoisotopic (exact) mass is 322 g/mol. The molecule has 0 aliphatic heterocycles. The number of hydrogen-bond acceptors (Lipinski definition) is 5. The zero-order valence-corrected chi connectivity index (χ0v) is 14.9. The second kappa shape index (κ2) is 16.6. The van der Waals surface area contributed by atoms with E-state index < -0.39 is 0 Å². The second-order valence-corrected chi connectivity index (χ2v) is 5.82. The lowest BCUT2D eigenvalue weighted by atomic mass is 9.99. The van der Waals surface area contributed by atoms with E-state index in [1.807, 2.05) is 0 Å². The maximum Gasteiger partial charge on any atom is 0.0701 e. The molecule has 4 nitrogen and oxygen atoms in total. The highest BCUT2D eigenvalue weighted by Gasteiger charge is 2.10. The van der Waals surface area contributed by atoms with Crippen molar-refractivity contribution in [1.82, 2.24) is 0 Å². The predicted molar refractivity (Wildman–Crippen MR) is 90.4 cm³/mol. The van der Waals surface area contributed by atoms with Crippen molar-refractivity contribution in [2.24, 2.45) is 11.8 Å². The van der Waals surface area contributed by atoms with Crippen molar-refractivity contribution in [2.75, 3.05) is 58.6 Å². The zero-order chi connectivity index (χ0) is 15.8. The molecule has 0 aromatic rings. The first-order valence-electron chi connectivity index (χ1n) is 8.14. The van der Waals surface area contributed by atoms with Crippen molar-refractivity contribution in [1.29, 1.82) is 0 Å². The Morgan fingerprint density at radius 2 is 1.24 bits per heavy atom. The molecule has 0 spiro atoms. The predicted octanol–water partition coefficient (Wildman–Crippen LogP) is 3.05. The van der Waals surface area contributed by atoms with Gasteiger partial charge in [0.05, 0.1) is 46.2 Å². The molecule has 21 heavy (non-hydrogen) atoms. The molecule has 0 fully saturated rings. The normalized spacial score (nSPS) is 13.0. The maximum atomic E-state index is 5.60. The van der Waals surface area contributed by atoms with Gasteiger partial charge < -0.3 is 18.9 Å². The first-order chi connectivity index (χ1) is 10.2. The van der Waals surface area contributed by atoms with Crippen LogP contribution in [0.5, 0.6) is 0 Å². The Morgan fingerprint density at radius 1 is 0.762 bits per heavy atom. The van der Waals surface area contributed by atoms with Crippen molar-refractivity contribution >= 4 is 12.6 Å². The van der Waals surface area contributed by atoms with Crippen LogP contribution in [0.1, 0.15) is 33.6 Å². The summed E-state index contributed by atoms with van der Waals surface area (Å²) < 4.78 is 21.8. The van der Waals surface area contributed by atoms with Gasteiger partial charge in [-0.05, 0) is 24.0 Å². The Balaban J connectivity index is 3.12. The molecule has 0 heterocycles. The summed E-state index contributed by atoms with van der Waals surface area (Å²) in [6.07, 6.45) is 2.29. The van der Waals surface area contributed by atoms with Crippen LogP contribution in [0.2, 0.25) is 0 Å². The van der Waals surface area contributed by atoms with E-state index in [9.17, 15) is 0 Å². The third-order valence-electron chi connectivity index (χ3n) is 3.27. The highest BCUT2D eigenvalue weighted by Crippen LogP contribution is 2.12. The van der Waals surface area contributed by atoms with Crippen LogP contribution in [0.4, 0.5) is 0 Å². The molecule has 0 aromatic carbocycles. The average molecular weight is 323 g/mol. The summed E-state index contributed by atoms with van der Waals surface area (Å²) in [5, 5.41) is 0. The van der Waals surface area contributed by atoms with E-state index in [0.717, 1.165) is 25.4 Å². The van der Waals surface area contributed by atoms with Gasteiger partial charge in [0.1, 0.15) is 0 Å². The van der Waals surface area contributed by atoms with Gasteiger partial charge in [-0.15, -0.1) is 0 Å². The summed E-state index contributed by atoms with van der Waals surface area (Å²) in [5.74, 6) is 1.99. The minimum absolute atomic E-state index is 0.518. The molecule has 0 saturated heterocycles. The molecule has 1 atom stereocenters. The van der Waals surface area contributed by atoms with Crippen LogP contribution in [0.25, 0.3) is 0 Å². The highest BCUT2D eigenvalue weighted by molar-refractivity contribution is 7.80. The maximum absolute atomic E-state index is 5.60. The number of thiol groups is 1. The fourth-order valence-electron chi connectivity index (χ4n) is 1.60.